The van der Waals surface area contributed by atoms with E-state index >= 15 is 0 Å². The Balaban J connectivity index is 1.67. The minimum Gasteiger partial charge on any atom is -0.388 e. The second-order valence-electron chi connectivity index (χ2n) is 5.26. The van der Waals surface area contributed by atoms with Gasteiger partial charge in [-0.15, -0.1) is 0 Å². The molecule has 1 aliphatic rings. The third-order valence-corrected chi connectivity index (χ3v) is 4.57. The SMILES string of the molecule is O=C(C[C@@H](O)c1ccccc1)N1Cc2cccc(Br)c2C1. The van der Waals surface area contributed by atoms with Gasteiger partial charge < -0.3 is 10.0 Å². The van der Waals surface area contributed by atoms with E-state index in [2.05, 4.69) is 15.9 Å². The monoisotopic (exact) mass is 345 g/mol. The van der Waals surface area contributed by atoms with Gasteiger partial charge in [0.15, 0.2) is 0 Å². The maximum atomic E-state index is 12.4. The molecule has 0 unspecified atom stereocenters. The first-order chi connectivity index (χ1) is 10.1. The molecule has 0 aromatic heterocycles. The van der Waals surface area contributed by atoms with Crippen LogP contribution in [0.3, 0.4) is 0 Å². The van der Waals surface area contributed by atoms with Crippen molar-refractivity contribution >= 4 is 21.8 Å². The maximum absolute atomic E-state index is 12.4. The number of amides is 1. The number of rotatable bonds is 3. The van der Waals surface area contributed by atoms with Gasteiger partial charge in [-0.1, -0.05) is 58.4 Å². The standard InChI is InChI=1S/C17H16BrNO2/c18-15-8-4-7-13-10-19(11-14(13)15)17(21)9-16(20)12-5-2-1-3-6-12/h1-8,16,20H,9-11H2/t16-/m1/s1. The molecule has 3 rings (SSSR count). The van der Waals surface area contributed by atoms with Crippen LogP contribution >= 0.6 is 15.9 Å². The predicted molar refractivity (Wildman–Crippen MR) is 84.4 cm³/mol. The van der Waals surface area contributed by atoms with E-state index in [1.165, 1.54) is 11.1 Å². The topological polar surface area (TPSA) is 40.5 Å². The van der Waals surface area contributed by atoms with Crippen LogP contribution in [0.15, 0.2) is 53.0 Å². The lowest BCUT2D eigenvalue weighted by Gasteiger charge is -2.18. The fraction of sp³-hybridized carbons (Fsp3) is 0.235. The Hall–Kier alpha value is -1.65. The summed E-state index contributed by atoms with van der Waals surface area (Å²) >= 11 is 3.52. The van der Waals surface area contributed by atoms with Crippen LogP contribution in [0.1, 0.15) is 29.2 Å². The summed E-state index contributed by atoms with van der Waals surface area (Å²) in [6.07, 6.45) is -0.624. The van der Waals surface area contributed by atoms with Gasteiger partial charge in [0.1, 0.15) is 0 Å². The van der Waals surface area contributed by atoms with Gasteiger partial charge in [0, 0.05) is 17.6 Å². The Labute approximate surface area is 132 Å². The van der Waals surface area contributed by atoms with Gasteiger partial charge in [-0.05, 0) is 22.8 Å². The summed E-state index contributed by atoms with van der Waals surface area (Å²) in [4.78, 5) is 14.2. The zero-order valence-electron chi connectivity index (χ0n) is 11.5. The Morgan fingerprint density at radius 1 is 1.14 bits per heavy atom. The quantitative estimate of drug-likeness (QED) is 0.925. The van der Waals surface area contributed by atoms with Gasteiger partial charge >= 0.3 is 0 Å². The Kier molecular flexibility index (Phi) is 4.08. The van der Waals surface area contributed by atoms with Gasteiger partial charge in [-0.3, -0.25) is 4.79 Å². The third-order valence-electron chi connectivity index (χ3n) is 3.83. The molecular weight excluding hydrogens is 330 g/mol. The van der Waals surface area contributed by atoms with E-state index in [-0.39, 0.29) is 12.3 Å². The van der Waals surface area contributed by atoms with E-state index < -0.39 is 6.10 Å². The van der Waals surface area contributed by atoms with Crippen molar-refractivity contribution in [1.29, 1.82) is 0 Å². The molecular formula is C17H16BrNO2. The smallest absolute Gasteiger partial charge is 0.226 e. The normalized spacial score (nSPS) is 14.9. The van der Waals surface area contributed by atoms with Crippen LogP contribution in [-0.4, -0.2) is 15.9 Å². The molecule has 2 aromatic carbocycles. The summed E-state index contributed by atoms with van der Waals surface area (Å²) < 4.78 is 1.04. The molecule has 108 valence electrons. The van der Waals surface area contributed by atoms with Crippen LogP contribution in [-0.2, 0) is 17.9 Å². The molecule has 0 saturated heterocycles. The second-order valence-corrected chi connectivity index (χ2v) is 6.11. The second kappa shape index (κ2) is 6.00. The third kappa shape index (κ3) is 3.01. The average Bonchev–Trinajstić information content (AvgIpc) is 2.94. The number of carbonyl (C=O) groups is 1. The van der Waals surface area contributed by atoms with Crippen LogP contribution in [0.5, 0.6) is 0 Å². The van der Waals surface area contributed by atoms with Crippen molar-refractivity contribution in [3.05, 3.63) is 69.7 Å². The van der Waals surface area contributed by atoms with Crippen molar-refractivity contribution in [2.75, 3.05) is 0 Å². The molecule has 1 aliphatic heterocycles. The molecule has 0 bridgehead atoms. The number of halogens is 1. The highest BCUT2D eigenvalue weighted by Crippen LogP contribution is 2.30. The first-order valence-corrected chi connectivity index (χ1v) is 7.71. The first-order valence-electron chi connectivity index (χ1n) is 6.92. The minimum absolute atomic E-state index is 0.0190. The molecule has 0 spiro atoms. The van der Waals surface area contributed by atoms with E-state index in [0.29, 0.717) is 13.1 Å². The summed E-state index contributed by atoms with van der Waals surface area (Å²) in [7, 11) is 0. The number of benzene rings is 2. The van der Waals surface area contributed by atoms with Gasteiger partial charge in [0.2, 0.25) is 5.91 Å². The van der Waals surface area contributed by atoms with E-state index in [0.717, 1.165) is 10.0 Å². The van der Waals surface area contributed by atoms with Gasteiger partial charge in [-0.2, -0.15) is 0 Å². The molecule has 1 heterocycles. The van der Waals surface area contributed by atoms with Crippen molar-refractivity contribution < 1.29 is 9.90 Å². The highest BCUT2D eigenvalue weighted by Gasteiger charge is 2.26. The van der Waals surface area contributed by atoms with Crippen LogP contribution in [0.4, 0.5) is 0 Å². The largest absolute Gasteiger partial charge is 0.388 e. The van der Waals surface area contributed by atoms with Crippen molar-refractivity contribution in [3.63, 3.8) is 0 Å². The van der Waals surface area contributed by atoms with Gasteiger partial charge in [0.25, 0.3) is 0 Å². The van der Waals surface area contributed by atoms with Crippen LogP contribution in [0.25, 0.3) is 0 Å². The summed E-state index contributed by atoms with van der Waals surface area (Å²) in [6, 6.07) is 15.3. The molecule has 0 radical (unpaired) electrons. The lowest BCUT2D eigenvalue weighted by atomic mass is 10.1. The van der Waals surface area contributed by atoms with Crippen LogP contribution < -0.4 is 0 Å². The number of hydrogen-bond acceptors (Lipinski definition) is 2. The molecule has 3 nitrogen and oxygen atoms in total. The maximum Gasteiger partial charge on any atom is 0.226 e. The zero-order valence-corrected chi connectivity index (χ0v) is 13.1. The average molecular weight is 346 g/mol. The summed E-state index contributed by atoms with van der Waals surface area (Å²) in [5.41, 5.74) is 3.12. The van der Waals surface area contributed by atoms with Crippen molar-refractivity contribution in [2.45, 2.75) is 25.6 Å². The Bertz CT molecular complexity index is 657. The van der Waals surface area contributed by atoms with E-state index in [1.54, 1.807) is 4.90 Å². The molecule has 0 saturated carbocycles. The summed E-state index contributed by atoms with van der Waals surface area (Å²) in [5.74, 6) is -0.0190. The number of aliphatic hydroxyl groups is 1. The molecule has 1 amide bonds. The fourth-order valence-corrected chi connectivity index (χ4v) is 3.18. The number of aliphatic hydroxyl groups excluding tert-OH is 1. The van der Waals surface area contributed by atoms with Gasteiger partial charge in [0.05, 0.1) is 12.5 Å². The lowest BCUT2D eigenvalue weighted by Crippen LogP contribution is -2.26. The number of fused-ring (bicyclic) bond motifs is 1. The van der Waals surface area contributed by atoms with Crippen LogP contribution in [0, 0.1) is 0 Å². The molecule has 0 fully saturated rings. The summed E-state index contributed by atoms with van der Waals surface area (Å²) in [5, 5.41) is 10.2. The van der Waals surface area contributed by atoms with Crippen LogP contribution in [0.2, 0.25) is 0 Å². The molecule has 0 aliphatic carbocycles. The molecule has 4 heteroatoms. The minimum atomic E-state index is -0.745. The molecule has 1 N–H and O–H groups in total. The summed E-state index contributed by atoms with van der Waals surface area (Å²) in [6.45, 7) is 1.23. The van der Waals surface area contributed by atoms with Crippen molar-refractivity contribution in [1.82, 2.24) is 4.90 Å². The zero-order chi connectivity index (χ0) is 14.8. The Morgan fingerprint density at radius 3 is 2.62 bits per heavy atom. The molecule has 2 aromatic rings. The fourth-order valence-electron chi connectivity index (χ4n) is 2.64. The lowest BCUT2D eigenvalue weighted by molar-refractivity contribution is -0.134. The highest BCUT2D eigenvalue weighted by atomic mass is 79.9. The van der Waals surface area contributed by atoms with E-state index in [1.807, 2.05) is 48.5 Å². The molecule has 21 heavy (non-hydrogen) atoms. The highest BCUT2D eigenvalue weighted by molar-refractivity contribution is 9.10. The van der Waals surface area contributed by atoms with Crippen molar-refractivity contribution in [2.24, 2.45) is 0 Å². The number of nitrogens with zero attached hydrogens (tertiary/aromatic N) is 1. The first kappa shape index (κ1) is 14.3. The Morgan fingerprint density at radius 2 is 1.90 bits per heavy atom. The molecule has 1 atom stereocenters. The number of hydrogen-bond donors (Lipinski definition) is 1. The number of carbonyl (C=O) groups excluding carboxylic acids is 1. The van der Waals surface area contributed by atoms with Crippen molar-refractivity contribution in [3.8, 4) is 0 Å². The van der Waals surface area contributed by atoms with E-state index in [9.17, 15) is 9.90 Å². The predicted octanol–water partition coefficient (Wildman–Crippen LogP) is 3.42. The van der Waals surface area contributed by atoms with Gasteiger partial charge in [-0.25, -0.2) is 0 Å². The van der Waals surface area contributed by atoms with E-state index in [4.69, 9.17) is 0 Å².